The Hall–Kier alpha value is -1.33. The Balaban J connectivity index is 2.30. The summed E-state index contributed by atoms with van der Waals surface area (Å²) in [6.07, 6.45) is 0. The van der Waals surface area contributed by atoms with Gasteiger partial charge in [0.1, 0.15) is 0 Å². The van der Waals surface area contributed by atoms with Crippen LogP contribution in [0.3, 0.4) is 0 Å². The fraction of sp³-hybridized carbons (Fsp3) is 0.133. The summed E-state index contributed by atoms with van der Waals surface area (Å²) in [5, 5.41) is 2.91. The molecule has 0 aliphatic rings. The van der Waals surface area contributed by atoms with Crippen molar-refractivity contribution in [3.05, 3.63) is 56.0 Å². The number of carbonyl (C=O) groups excluding carboxylic acids is 1. The van der Waals surface area contributed by atoms with Gasteiger partial charge in [-0.15, -0.1) is 0 Å². The first-order valence-corrected chi connectivity index (χ1v) is 7.59. The number of amides is 1. The average Bonchev–Trinajstić information content (AvgIpc) is 2.34. The molecule has 1 amide bonds. The molecule has 0 radical (unpaired) electrons. The monoisotopic (exact) mass is 396 g/mol. The van der Waals surface area contributed by atoms with Crippen molar-refractivity contribution >= 4 is 49.1 Å². The molecule has 2 aromatic carbocycles. The number of aryl methyl sites for hydroxylation is 2. The van der Waals surface area contributed by atoms with Gasteiger partial charge < -0.3 is 11.1 Å². The Bertz CT molecular complexity index is 664. The van der Waals surface area contributed by atoms with E-state index in [0.29, 0.717) is 5.56 Å². The number of rotatable bonds is 2. The van der Waals surface area contributed by atoms with E-state index in [4.69, 9.17) is 5.73 Å². The maximum absolute atomic E-state index is 12.3. The van der Waals surface area contributed by atoms with Crippen molar-refractivity contribution < 1.29 is 4.79 Å². The highest BCUT2D eigenvalue weighted by Gasteiger charge is 2.10. The molecule has 0 bridgehead atoms. The van der Waals surface area contributed by atoms with Gasteiger partial charge in [-0.05, 0) is 55.3 Å². The Kier molecular flexibility index (Phi) is 4.50. The van der Waals surface area contributed by atoms with Crippen molar-refractivity contribution in [2.45, 2.75) is 13.8 Å². The van der Waals surface area contributed by atoms with E-state index in [1.165, 1.54) is 0 Å². The molecular formula is C15H14Br2N2O. The zero-order chi connectivity index (χ0) is 14.9. The third kappa shape index (κ3) is 3.41. The van der Waals surface area contributed by atoms with Crippen LogP contribution < -0.4 is 11.1 Å². The van der Waals surface area contributed by atoms with E-state index in [1.54, 1.807) is 12.1 Å². The average molecular weight is 398 g/mol. The van der Waals surface area contributed by atoms with Gasteiger partial charge in [0, 0.05) is 25.9 Å². The summed E-state index contributed by atoms with van der Waals surface area (Å²) in [6.45, 7) is 3.84. The van der Waals surface area contributed by atoms with Crippen LogP contribution in [0.25, 0.3) is 0 Å². The quantitative estimate of drug-likeness (QED) is 0.723. The highest BCUT2D eigenvalue weighted by molar-refractivity contribution is 9.11. The van der Waals surface area contributed by atoms with Crippen LogP contribution in [-0.4, -0.2) is 5.91 Å². The summed E-state index contributed by atoms with van der Waals surface area (Å²) in [7, 11) is 0. The van der Waals surface area contributed by atoms with Gasteiger partial charge in [0.05, 0.1) is 0 Å². The first-order valence-electron chi connectivity index (χ1n) is 6.01. The second-order valence-corrected chi connectivity index (χ2v) is 6.47. The van der Waals surface area contributed by atoms with Gasteiger partial charge in [0.25, 0.3) is 5.91 Å². The molecule has 3 N–H and O–H groups in total. The van der Waals surface area contributed by atoms with Crippen LogP contribution in [0.2, 0.25) is 0 Å². The number of nitrogens with one attached hydrogen (secondary N) is 1. The Morgan fingerprint density at radius 3 is 2.20 bits per heavy atom. The van der Waals surface area contributed by atoms with E-state index in [2.05, 4.69) is 37.2 Å². The molecule has 0 aliphatic heterocycles. The number of nitrogen functional groups attached to an aromatic ring is 1. The zero-order valence-electron chi connectivity index (χ0n) is 11.1. The molecule has 0 atom stereocenters. The highest BCUT2D eigenvalue weighted by atomic mass is 79.9. The van der Waals surface area contributed by atoms with E-state index in [0.717, 1.165) is 31.4 Å². The molecule has 0 unspecified atom stereocenters. The first-order chi connectivity index (χ1) is 9.36. The van der Waals surface area contributed by atoms with Crippen molar-refractivity contribution in [1.29, 1.82) is 0 Å². The molecule has 0 saturated carbocycles. The lowest BCUT2D eigenvalue weighted by molar-refractivity contribution is 0.102. The molecule has 104 valence electrons. The van der Waals surface area contributed by atoms with Gasteiger partial charge in [0.2, 0.25) is 0 Å². The van der Waals surface area contributed by atoms with Crippen molar-refractivity contribution in [3.63, 3.8) is 0 Å². The molecule has 20 heavy (non-hydrogen) atoms. The predicted octanol–water partition coefficient (Wildman–Crippen LogP) is 4.66. The van der Waals surface area contributed by atoms with Crippen LogP contribution in [0, 0.1) is 13.8 Å². The summed E-state index contributed by atoms with van der Waals surface area (Å²) < 4.78 is 1.70. The van der Waals surface area contributed by atoms with Crippen LogP contribution in [0.1, 0.15) is 21.5 Å². The fourth-order valence-electron chi connectivity index (χ4n) is 1.85. The number of nitrogens with two attached hydrogens (primary N) is 1. The lowest BCUT2D eigenvalue weighted by Crippen LogP contribution is -2.13. The summed E-state index contributed by atoms with van der Waals surface area (Å²) in [6, 6.07) is 9.19. The SMILES string of the molecule is Cc1cc(NC(=O)c2cc(Br)cc(Br)c2)c(C)cc1N. The summed E-state index contributed by atoms with van der Waals surface area (Å²) in [4.78, 5) is 12.3. The normalized spacial score (nSPS) is 10.4. The standard InChI is InChI=1S/C15H14Br2N2O/c1-8-4-14(9(2)3-13(8)18)19-15(20)10-5-11(16)7-12(17)6-10/h3-7H,18H2,1-2H3,(H,19,20). The number of benzene rings is 2. The maximum atomic E-state index is 12.3. The third-order valence-electron chi connectivity index (χ3n) is 2.99. The van der Waals surface area contributed by atoms with E-state index < -0.39 is 0 Å². The number of anilines is 2. The first kappa shape index (κ1) is 15.1. The maximum Gasteiger partial charge on any atom is 0.255 e. The van der Waals surface area contributed by atoms with Crippen LogP contribution in [-0.2, 0) is 0 Å². The van der Waals surface area contributed by atoms with E-state index in [-0.39, 0.29) is 5.91 Å². The predicted molar refractivity (Wildman–Crippen MR) is 90.1 cm³/mol. The van der Waals surface area contributed by atoms with Gasteiger partial charge in [-0.2, -0.15) is 0 Å². The van der Waals surface area contributed by atoms with Crippen LogP contribution in [0.15, 0.2) is 39.3 Å². The van der Waals surface area contributed by atoms with Gasteiger partial charge in [-0.3, -0.25) is 4.79 Å². The highest BCUT2D eigenvalue weighted by Crippen LogP contribution is 2.24. The minimum Gasteiger partial charge on any atom is -0.399 e. The van der Waals surface area contributed by atoms with Crippen molar-refractivity contribution in [2.24, 2.45) is 0 Å². The summed E-state index contributed by atoms with van der Waals surface area (Å²) >= 11 is 6.75. The molecule has 0 fully saturated rings. The topological polar surface area (TPSA) is 55.1 Å². The van der Waals surface area contributed by atoms with E-state index in [1.807, 2.05) is 32.0 Å². The number of hydrogen-bond acceptors (Lipinski definition) is 2. The van der Waals surface area contributed by atoms with Crippen molar-refractivity contribution in [3.8, 4) is 0 Å². The molecule has 0 spiro atoms. The van der Waals surface area contributed by atoms with Gasteiger partial charge in [0.15, 0.2) is 0 Å². The molecule has 0 aliphatic carbocycles. The van der Waals surface area contributed by atoms with E-state index in [9.17, 15) is 4.79 Å². The summed E-state index contributed by atoms with van der Waals surface area (Å²) in [5.41, 5.74) is 9.82. The molecule has 5 heteroatoms. The summed E-state index contributed by atoms with van der Waals surface area (Å²) in [5.74, 6) is -0.153. The Labute approximate surface area is 134 Å². The second-order valence-electron chi connectivity index (χ2n) is 4.64. The number of hydrogen-bond donors (Lipinski definition) is 2. The van der Waals surface area contributed by atoms with Crippen molar-refractivity contribution in [2.75, 3.05) is 11.1 Å². The smallest absolute Gasteiger partial charge is 0.255 e. The Morgan fingerprint density at radius 2 is 1.60 bits per heavy atom. The van der Waals surface area contributed by atoms with E-state index >= 15 is 0 Å². The molecule has 0 aromatic heterocycles. The molecule has 3 nitrogen and oxygen atoms in total. The molecular weight excluding hydrogens is 384 g/mol. The zero-order valence-corrected chi connectivity index (χ0v) is 14.3. The number of halogens is 2. The minimum absolute atomic E-state index is 0.153. The van der Waals surface area contributed by atoms with Crippen molar-refractivity contribution in [1.82, 2.24) is 0 Å². The molecule has 2 rings (SSSR count). The largest absolute Gasteiger partial charge is 0.399 e. The fourth-order valence-corrected chi connectivity index (χ4v) is 3.15. The van der Waals surface area contributed by atoms with Gasteiger partial charge >= 0.3 is 0 Å². The third-order valence-corrected chi connectivity index (χ3v) is 3.90. The Morgan fingerprint density at radius 1 is 1.00 bits per heavy atom. The second kappa shape index (κ2) is 5.97. The number of carbonyl (C=O) groups is 1. The van der Waals surface area contributed by atoms with Gasteiger partial charge in [-0.1, -0.05) is 31.9 Å². The molecule has 0 saturated heterocycles. The lowest BCUT2D eigenvalue weighted by Gasteiger charge is -2.11. The lowest BCUT2D eigenvalue weighted by atomic mass is 10.1. The molecule has 0 heterocycles. The van der Waals surface area contributed by atoms with Crippen LogP contribution in [0.4, 0.5) is 11.4 Å². The minimum atomic E-state index is -0.153. The van der Waals surface area contributed by atoms with Crippen LogP contribution >= 0.6 is 31.9 Å². The van der Waals surface area contributed by atoms with Crippen LogP contribution in [0.5, 0.6) is 0 Å². The van der Waals surface area contributed by atoms with Gasteiger partial charge in [-0.25, -0.2) is 0 Å². The molecule has 2 aromatic rings.